The van der Waals surface area contributed by atoms with Crippen LogP contribution in [0.25, 0.3) is 10.6 Å². The number of rotatable bonds is 8. The number of nitrogens with two attached hydrogens (primary N) is 1. The van der Waals surface area contributed by atoms with E-state index in [4.69, 9.17) is 10.5 Å². The van der Waals surface area contributed by atoms with Crippen molar-refractivity contribution in [1.82, 2.24) is 10.3 Å². The van der Waals surface area contributed by atoms with E-state index in [-0.39, 0.29) is 11.8 Å². The van der Waals surface area contributed by atoms with Crippen molar-refractivity contribution in [3.8, 4) is 16.3 Å². The van der Waals surface area contributed by atoms with Gasteiger partial charge in [0.25, 0.3) is 5.91 Å². The Balaban J connectivity index is 1.75. The average Bonchev–Trinajstić information content (AvgIpc) is 3.28. The lowest BCUT2D eigenvalue weighted by atomic mass is 10.1. The predicted molar refractivity (Wildman–Crippen MR) is 119 cm³/mol. The Morgan fingerprint density at radius 1 is 1.23 bits per heavy atom. The third kappa shape index (κ3) is 5.43. The molecule has 0 aliphatic heterocycles. The Bertz CT molecular complexity index is 1020. The number of amides is 2. The molecule has 0 radical (unpaired) electrons. The number of hydrogen-bond acceptors (Lipinski definition) is 6. The maximum Gasteiger partial charge on any atom is 0.255 e. The van der Waals surface area contributed by atoms with Crippen LogP contribution in [-0.2, 0) is 11.3 Å². The molecule has 1 unspecified atom stereocenters. The number of thiazole rings is 1. The van der Waals surface area contributed by atoms with Gasteiger partial charge in [-0.1, -0.05) is 18.2 Å². The molecule has 1 heterocycles. The summed E-state index contributed by atoms with van der Waals surface area (Å²) in [5.74, 6) is -0.176. The first-order chi connectivity index (χ1) is 14.5. The second-order valence-corrected chi connectivity index (χ2v) is 7.54. The van der Waals surface area contributed by atoms with E-state index in [1.54, 1.807) is 42.7 Å². The largest absolute Gasteiger partial charge is 0.493 e. The molecule has 0 saturated heterocycles. The summed E-state index contributed by atoms with van der Waals surface area (Å²) >= 11 is 1.56. The van der Waals surface area contributed by atoms with Gasteiger partial charge in [0.1, 0.15) is 10.8 Å². The second-order valence-electron chi connectivity index (χ2n) is 6.64. The van der Waals surface area contributed by atoms with Crippen LogP contribution in [-0.4, -0.2) is 29.4 Å². The normalized spacial score (nSPS) is 11.6. The van der Waals surface area contributed by atoms with Gasteiger partial charge in [0.2, 0.25) is 5.91 Å². The highest BCUT2D eigenvalue weighted by molar-refractivity contribution is 7.13. The number of nitrogens with one attached hydrogen (secondary N) is 2. The maximum atomic E-state index is 12.9. The summed E-state index contributed by atoms with van der Waals surface area (Å²) in [4.78, 5) is 29.1. The number of nitrogens with zero attached hydrogens (tertiary/aromatic N) is 1. The zero-order valence-corrected chi connectivity index (χ0v) is 17.7. The average molecular weight is 425 g/mol. The molecule has 4 N–H and O–H groups in total. The Labute approximate surface area is 179 Å². The molecule has 2 aromatic carbocycles. The van der Waals surface area contributed by atoms with E-state index >= 15 is 0 Å². The zero-order valence-electron chi connectivity index (χ0n) is 16.8. The van der Waals surface area contributed by atoms with Crippen LogP contribution in [0.15, 0.2) is 54.0 Å². The van der Waals surface area contributed by atoms with Gasteiger partial charge >= 0.3 is 0 Å². The summed E-state index contributed by atoms with van der Waals surface area (Å²) in [5, 5.41) is 8.47. The van der Waals surface area contributed by atoms with E-state index in [0.29, 0.717) is 30.2 Å². The van der Waals surface area contributed by atoms with Crippen LogP contribution in [0, 0.1) is 0 Å². The van der Waals surface area contributed by atoms with Crippen molar-refractivity contribution >= 4 is 28.8 Å². The lowest BCUT2D eigenvalue weighted by molar-refractivity contribution is -0.117. The lowest BCUT2D eigenvalue weighted by Crippen LogP contribution is -2.32. The Kier molecular flexibility index (Phi) is 7.16. The van der Waals surface area contributed by atoms with Gasteiger partial charge in [-0.2, -0.15) is 0 Å². The van der Waals surface area contributed by atoms with Crippen molar-refractivity contribution in [3.63, 3.8) is 0 Å². The van der Waals surface area contributed by atoms with Crippen molar-refractivity contribution in [2.45, 2.75) is 26.4 Å². The highest BCUT2D eigenvalue weighted by Crippen LogP contribution is 2.24. The quantitative estimate of drug-likeness (QED) is 0.514. The first kappa shape index (κ1) is 21.5. The minimum absolute atomic E-state index is 0.296. The fourth-order valence-electron chi connectivity index (χ4n) is 2.78. The first-order valence-corrected chi connectivity index (χ1v) is 10.5. The molecule has 7 nitrogen and oxygen atoms in total. The Hall–Kier alpha value is -3.23. The van der Waals surface area contributed by atoms with Gasteiger partial charge in [0, 0.05) is 29.4 Å². The first-order valence-electron chi connectivity index (χ1n) is 9.58. The number of ether oxygens (including phenoxy) is 1. The lowest BCUT2D eigenvalue weighted by Gasteiger charge is -2.14. The highest BCUT2D eigenvalue weighted by Gasteiger charge is 2.16. The molecule has 8 heteroatoms. The molecule has 0 spiro atoms. The predicted octanol–water partition coefficient (Wildman–Crippen LogP) is 3.42. The molecule has 1 aromatic heterocycles. The third-order valence-corrected chi connectivity index (χ3v) is 5.09. The molecule has 0 aliphatic carbocycles. The summed E-state index contributed by atoms with van der Waals surface area (Å²) < 4.78 is 5.58. The zero-order chi connectivity index (χ0) is 21.5. The summed E-state index contributed by atoms with van der Waals surface area (Å²) in [6.07, 6.45) is 1.76. The van der Waals surface area contributed by atoms with Crippen molar-refractivity contribution < 1.29 is 14.3 Å². The van der Waals surface area contributed by atoms with E-state index in [2.05, 4.69) is 15.6 Å². The molecule has 2 amide bonds. The van der Waals surface area contributed by atoms with Gasteiger partial charge in [-0.3, -0.25) is 9.59 Å². The molecule has 0 aliphatic rings. The standard InChI is InChI=1S/C22H24N4O3S/c1-3-29-19-8-7-17(26-20(27)14(2)23)12-18(19)21(28)25-13-15-5-4-6-16(11-15)22-24-9-10-30-22/h4-12,14H,3,13,23H2,1-2H3,(H,25,28)(H,26,27). The Morgan fingerprint density at radius 3 is 2.77 bits per heavy atom. The SMILES string of the molecule is CCOc1ccc(NC(=O)C(C)N)cc1C(=O)NCc1cccc(-c2nccs2)c1. The van der Waals surface area contributed by atoms with Gasteiger partial charge in [-0.15, -0.1) is 11.3 Å². The van der Waals surface area contributed by atoms with Gasteiger partial charge < -0.3 is 21.1 Å². The fraction of sp³-hybridized carbons (Fsp3) is 0.227. The summed E-state index contributed by atoms with van der Waals surface area (Å²) in [6, 6.07) is 12.2. The van der Waals surface area contributed by atoms with E-state index in [1.807, 2.05) is 36.6 Å². The summed E-state index contributed by atoms with van der Waals surface area (Å²) in [7, 11) is 0. The molecule has 30 heavy (non-hydrogen) atoms. The van der Waals surface area contributed by atoms with Crippen LogP contribution in [0.5, 0.6) is 5.75 Å². The molecule has 0 bridgehead atoms. The summed E-state index contributed by atoms with van der Waals surface area (Å²) in [6.45, 7) is 4.21. The van der Waals surface area contributed by atoms with Crippen LogP contribution >= 0.6 is 11.3 Å². The van der Waals surface area contributed by atoms with Gasteiger partial charge in [-0.05, 0) is 43.7 Å². The molecule has 3 aromatic rings. The number of hydrogen-bond donors (Lipinski definition) is 3. The Morgan fingerprint density at radius 2 is 2.07 bits per heavy atom. The smallest absolute Gasteiger partial charge is 0.255 e. The van der Waals surface area contributed by atoms with Crippen molar-refractivity contribution in [2.24, 2.45) is 5.73 Å². The molecule has 156 valence electrons. The minimum atomic E-state index is -0.654. The monoisotopic (exact) mass is 424 g/mol. The molecule has 1 atom stereocenters. The van der Waals surface area contributed by atoms with E-state index < -0.39 is 6.04 Å². The second kappa shape index (κ2) is 10.00. The third-order valence-electron chi connectivity index (χ3n) is 4.26. The van der Waals surface area contributed by atoms with Crippen molar-refractivity contribution in [3.05, 3.63) is 65.2 Å². The number of benzene rings is 2. The van der Waals surface area contributed by atoms with Gasteiger partial charge in [0.15, 0.2) is 0 Å². The number of carbonyl (C=O) groups excluding carboxylic acids is 2. The molecular formula is C22H24N4O3S. The number of anilines is 1. The number of aromatic nitrogens is 1. The van der Waals surface area contributed by atoms with Crippen molar-refractivity contribution in [1.29, 1.82) is 0 Å². The van der Waals surface area contributed by atoms with Crippen LogP contribution in [0.4, 0.5) is 5.69 Å². The summed E-state index contributed by atoms with van der Waals surface area (Å²) in [5.41, 5.74) is 8.39. The molecule has 0 saturated carbocycles. The minimum Gasteiger partial charge on any atom is -0.493 e. The molecule has 3 rings (SSSR count). The van der Waals surface area contributed by atoms with Crippen LogP contribution in [0.1, 0.15) is 29.8 Å². The van der Waals surface area contributed by atoms with Crippen LogP contribution in [0.3, 0.4) is 0 Å². The van der Waals surface area contributed by atoms with Crippen LogP contribution in [0.2, 0.25) is 0 Å². The molecular weight excluding hydrogens is 400 g/mol. The van der Waals surface area contributed by atoms with E-state index in [0.717, 1.165) is 16.1 Å². The number of carbonyl (C=O) groups is 2. The van der Waals surface area contributed by atoms with Gasteiger partial charge in [-0.25, -0.2) is 4.98 Å². The van der Waals surface area contributed by atoms with E-state index in [1.165, 1.54) is 0 Å². The van der Waals surface area contributed by atoms with Gasteiger partial charge in [0.05, 0.1) is 18.2 Å². The maximum absolute atomic E-state index is 12.9. The highest BCUT2D eigenvalue weighted by atomic mass is 32.1. The fourth-order valence-corrected chi connectivity index (χ4v) is 3.42. The van der Waals surface area contributed by atoms with Crippen molar-refractivity contribution in [2.75, 3.05) is 11.9 Å². The molecule has 0 fully saturated rings. The topological polar surface area (TPSA) is 106 Å². The van der Waals surface area contributed by atoms with Crippen LogP contribution < -0.4 is 21.1 Å². The van der Waals surface area contributed by atoms with E-state index in [9.17, 15) is 9.59 Å².